The monoisotopic (exact) mass is 603 g/mol. The number of carbonyl (C=O) groups excluding carboxylic acids is 1. The summed E-state index contributed by atoms with van der Waals surface area (Å²) in [4.78, 5) is 17.3. The number of pyridine rings is 1. The van der Waals surface area contributed by atoms with Gasteiger partial charge in [-0.1, -0.05) is 23.4 Å². The Labute approximate surface area is 252 Å². The molecule has 1 atom stereocenters. The minimum absolute atomic E-state index is 0.0708. The molecule has 11 heteroatoms. The van der Waals surface area contributed by atoms with Crippen LogP contribution in [0.2, 0.25) is 0 Å². The molecule has 0 saturated heterocycles. The molecule has 2 aromatic heterocycles. The lowest BCUT2D eigenvalue weighted by Gasteiger charge is -2.29. The summed E-state index contributed by atoms with van der Waals surface area (Å²) in [6.45, 7) is 8.22. The molecule has 10 nitrogen and oxygen atoms in total. The average molecular weight is 604 g/mol. The molecular weight excluding hydrogens is 566 g/mol. The molecule has 0 saturated carbocycles. The fraction of sp³-hybridized carbons (Fsp3) is 0.438. The molecule has 43 heavy (non-hydrogen) atoms. The first kappa shape index (κ1) is 29.3. The van der Waals surface area contributed by atoms with Crippen LogP contribution in [0.4, 0.5) is 0 Å². The summed E-state index contributed by atoms with van der Waals surface area (Å²) in [6.07, 6.45) is 4.47. The Morgan fingerprint density at radius 1 is 1.19 bits per heavy atom. The van der Waals surface area contributed by atoms with E-state index in [1.165, 1.54) is 15.4 Å². The van der Waals surface area contributed by atoms with E-state index < -0.39 is 15.6 Å². The number of hydrogen-bond acceptors (Lipinski definition) is 8. The second-order valence-corrected chi connectivity index (χ2v) is 13.9. The second-order valence-electron chi connectivity index (χ2n) is 12.0. The minimum Gasteiger partial charge on any atom is -0.469 e. The van der Waals surface area contributed by atoms with Gasteiger partial charge in [-0.3, -0.25) is 4.79 Å². The summed E-state index contributed by atoms with van der Waals surface area (Å²) in [6, 6.07) is 11.5. The van der Waals surface area contributed by atoms with E-state index in [4.69, 9.17) is 9.47 Å². The molecule has 3 heterocycles. The lowest BCUT2D eigenvalue weighted by atomic mass is 9.83. The van der Waals surface area contributed by atoms with Crippen molar-refractivity contribution in [3.05, 3.63) is 76.0 Å². The Hall–Kier alpha value is -3.83. The van der Waals surface area contributed by atoms with Crippen LogP contribution in [0.3, 0.4) is 0 Å². The standard InChI is InChI=1S/C32H37N5O5S/c1-6-41-29(38)17-26(24-12-13-27-30(20(24)2)34-35-36(27)5)22-15-21-9-7-10-25(21)23(16-22)18-37-19-32(3,4)42-31-28(43(37,39)40)11-8-14-33-31/h8,11-16,26H,6-7,9-10,17-19H2,1-5H3. The maximum atomic E-state index is 14.0. The normalized spacial score (nSPS) is 18.0. The fourth-order valence-corrected chi connectivity index (χ4v) is 8.14. The molecular formula is C32H37N5O5S. The number of hydrogen-bond donors (Lipinski definition) is 0. The number of carbonyl (C=O) groups is 1. The maximum Gasteiger partial charge on any atom is 0.306 e. The van der Waals surface area contributed by atoms with E-state index in [0.29, 0.717) is 6.61 Å². The predicted octanol–water partition coefficient (Wildman–Crippen LogP) is 4.61. The highest BCUT2D eigenvalue weighted by molar-refractivity contribution is 7.89. The van der Waals surface area contributed by atoms with Gasteiger partial charge in [-0.2, -0.15) is 4.31 Å². The first-order valence-corrected chi connectivity index (χ1v) is 16.2. The SMILES string of the molecule is CCOC(=O)CC(c1cc2c(c(CN3CC(C)(C)Oc4ncccc4S3(=O)=O)c1)CCC2)c1ccc2c(nnn2C)c1C. The molecule has 2 aliphatic rings. The summed E-state index contributed by atoms with van der Waals surface area (Å²) >= 11 is 0. The van der Waals surface area contributed by atoms with E-state index in [1.807, 2.05) is 40.0 Å². The van der Waals surface area contributed by atoms with Crippen LogP contribution in [-0.2, 0) is 46.0 Å². The number of esters is 1. The molecule has 0 spiro atoms. The summed E-state index contributed by atoms with van der Waals surface area (Å²) in [5.74, 6) is -0.467. The van der Waals surface area contributed by atoms with Crippen molar-refractivity contribution in [2.45, 2.75) is 76.3 Å². The first-order valence-electron chi connectivity index (χ1n) is 14.7. The highest BCUT2D eigenvalue weighted by atomic mass is 32.2. The fourth-order valence-electron chi connectivity index (χ4n) is 6.51. The molecule has 226 valence electrons. The summed E-state index contributed by atoms with van der Waals surface area (Å²) in [5.41, 5.74) is 7.14. The number of fused-ring (bicyclic) bond motifs is 3. The molecule has 0 N–H and O–H groups in total. The number of rotatable bonds is 7. The van der Waals surface area contributed by atoms with Crippen molar-refractivity contribution in [1.82, 2.24) is 24.3 Å². The maximum absolute atomic E-state index is 14.0. The van der Waals surface area contributed by atoms with E-state index in [9.17, 15) is 13.2 Å². The van der Waals surface area contributed by atoms with E-state index in [0.717, 1.165) is 52.5 Å². The summed E-state index contributed by atoms with van der Waals surface area (Å²) in [7, 11) is -2.04. The molecule has 1 aliphatic heterocycles. The second kappa shape index (κ2) is 11.0. The minimum atomic E-state index is -3.89. The van der Waals surface area contributed by atoms with Crippen LogP contribution in [-0.4, -0.2) is 57.4 Å². The number of benzene rings is 2. The first-order chi connectivity index (χ1) is 20.5. The van der Waals surface area contributed by atoms with E-state index in [2.05, 4.69) is 27.4 Å². The zero-order valence-electron chi connectivity index (χ0n) is 25.3. The van der Waals surface area contributed by atoms with Crippen molar-refractivity contribution in [3.8, 4) is 5.88 Å². The van der Waals surface area contributed by atoms with Crippen LogP contribution in [0.5, 0.6) is 5.88 Å². The molecule has 0 amide bonds. The smallest absolute Gasteiger partial charge is 0.306 e. The molecule has 6 rings (SSSR count). The molecule has 0 fully saturated rings. The van der Waals surface area contributed by atoms with Gasteiger partial charge in [-0.05, 0) is 98.5 Å². The molecule has 2 aromatic carbocycles. The van der Waals surface area contributed by atoms with Gasteiger partial charge in [0, 0.05) is 25.7 Å². The van der Waals surface area contributed by atoms with Gasteiger partial charge >= 0.3 is 5.97 Å². The van der Waals surface area contributed by atoms with Crippen molar-refractivity contribution in [2.75, 3.05) is 13.2 Å². The Kier molecular flexibility index (Phi) is 7.50. The Bertz CT molecular complexity index is 1830. The number of nitrogens with zero attached hydrogens (tertiary/aromatic N) is 5. The highest BCUT2D eigenvalue weighted by Crippen LogP contribution is 2.39. The van der Waals surface area contributed by atoms with Crippen LogP contribution in [0.1, 0.15) is 72.9 Å². The van der Waals surface area contributed by atoms with Gasteiger partial charge in [0.05, 0.1) is 25.1 Å². The van der Waals surface area contributed by atoms with Crippen molar-refractivity contribution < 1.29 is 22.7 Å². The van der Waals surface area contributed by atoms with Crippen molar-refractivity contribution in [2.24, 2.45) is 7.05 Å². The van der Waals surface area contributed by atoms with Gasteiger partial charge < -0.3 is 9.47 Å². The van der Waals surface area contributed by atoms with Gasteiger partial charge in [0.15, 0.2) is 0 Å². The van der Waals surface area contributed by atoms with Crippen molar-refractivity contribution in [1.29, 1.82) is 0 Å². The summed E-state index contributed by atoms with van der Waals surface area (Å²) in [5, 5.41) is 8.58. The molecule has 1 unspecified atom stereocenters. The molecule has 0 bridgehead atoms. The third-order valence-corrected chi connectivity index (χ3v) is 10.3. The van der Waals surface area contributed by atoms with Gasteiger partial charge in [0.1, 0.15) is 16.0 Å². The largest absolute Gasteiger partial charge is 0.469 e. The van der Waals surface area contributed by atoms with Crippen molar-refractivity contribution >= 4 is 27.0 Å². The lowest BCUT2D eigenvalue weighted by molar-refractivity contribution is -0.143. The van der Waals surface area contributed by atoms with E-state index in [1.54, 1.807) is 29.9 Å². The van der Waals surface area contributed by atoms with Crippen LogP contribution >= 0.6 is 0 Å². The number of aromatic nitrogens is 4. The average Bonchev–Trinajstić information content (AvgIpc) is 3.57. The van der Waals surface area contributed by atoms with E-state index >= 15 is 0 Å². The predicted molar refractivity (Wildman–Crippen MR) is 161 cm³/mol. The number of sulfonamides is 1. The lowest BCUT2D eigenvalue weighted by Crippen LogP contribution is -2.42. The zero-order valence-corrected chi connectivity index (χ0v) is 26.1. The number of ether oxygens (including phenoxy) is 2. The van der Waals surface area contributed by atoms with Crippen LogP contribution < -0.4 is 4.74 Å². The number of aryl methyl sites for hydroxylation is 3. The van der Waals surface area contributed by atoms with Crippen LogP contribution in [0, 0.1) is 6.92 Å². The quantitative estimate of drug-likeness (QED) is 0.281. The Balaban J connectivity index is 1.46. The molecule has 0 radical (unpaired) electrons. The Morgan fingerprint density at radius 3 is 2.79 bits per heavy atom. The highest BCUT2D eigenvalue weighted by Gasteiger charge is 2.40. The molecule has 4 aromatic rings. The third kappa shape index (κ3) is 5.40. The Morgan fingerprint density at radius 2 is 2.00 bits per heavy atom. The zero-order chi connectivity index (χ0) is 30.5. The van der Waals surface area contributed by atoms with Gasteiger partial charge in [-0.25, -0.2) is 18.1 Å². The van der Waals surface area contributed by atoms with Gasteiger partial charge in [-0.15, -0.1) is 5.10 Å². The van der Waals surface area contributed by atoms with E-state index in [-0.39, 0.29) is 42.2 Å². The van der Waals surface area contributed by atoms with Gasteiger partial charge in [0.25, 0.3) is 0 Å². The van der Waals surface area contributed by atoms with Gasteiger partial charge in [0.2, 0.25) is 15.9 Å². The van der Waals surface area contributed by atoms with Crippen molar-refractivity contribution in [3.63, 3.8) is 0 Å². The topological polar surface area (TPSA) is 117 Å². The van der Waals surface area contributed by atoms with Crippen LogP contribution in [0.15, 0.2) is 47.5 Å². The summed E-state index contributed by atoms with van der Waals surface area (Å²) < 4.78 is 42.7. The third-order valence-electron chi connectivity index (χ3n) is 8.49. The molecule has 1 aliphatic carbocycles. The van der Waals surface area contributed by atoms with Crippen LogP contribution in [0.25, 0.3) is 11.0 Å².